The lowest BCUT2D eigenvalue weighted by Gasteiger charge is -2.18. The molecular weight excluding hydrogens is 376 g/mol. The molecule has 0 radical (unpaired) electrons. The van der Waals surface area contributed by atoms with Gasteiger partial charge in [-0.2, -0.15) is 0 Å². The summed E-state index contributed by atoms with van der Waals surface area (Å²) in [6.45, 7) is -0.231. The summed E-state index contributed by atoms with van der Waals surface area (Å²) in [5.74, 6) is -1.71. The van der Waals surface area contributed by atoms with Crippen LogP contribution in [0.4, 0.5) is 8.78 Å². The molecule has 0 aromatic heterocycles. The zero-order chi connectivity index (χ0) is 19.6. The van der Waals surface area contributed by atoms with Crippen LogP contribution in [0, 0.1) is 5.82 Å². The number of alkyl halides is 1. The highest BCUT2D eigenvalue weighted by Gasteiger charge is 2.36. The highest BCUT2D eigenvalue weighted by Crippen LogP contribution is 2.26. The molecule has 1 aliphatic heterocycles. The van der Waals surface area contributed by atoms with E-state index in [2.05, 4.69) is 0 Å². The van der Waals surface area contributed by atoms with Crippen molar-refractivity contribution in [2.45, 2.75) is 23.6 Å². The number of benzene rings is 2. The summed E-state index contributed by atoms with van der Waals surface area (Å²) in [6.07, 6.45) is -4.30. The van der Waals surface area contributed by atoms with Gasteiger partial charge in [-0.3, -0.25) is 19.3 Å². The second-order valence-electron chi connectivity index (χ2n) is 5.92. The van der Waals surface area contributed by atoms with Gasteiger partial charge in [-0.05, 0) is 42.4 Å². The van der Waals surface area contributed by atoms with Gasteiger partial charge in [0.15, 0.2) is 6.17 Å². The Bertz CT molecular complexity index is 870. The normalized spacial score (nSPS) is 15.6. The summed E-state index contributed by atoms with van der Waals surface area (Å²) in [6, 6.07) is 11.7. The van der Waals surface area contributed by atoms with Crippen molar-refractivity contribution in [3.63, 3.8) is 0 Å². The minimum absolute atomic E-state index is 0.0438. The van der Waals surface area contributed by atoms with E-state index < -0.39 is 35.0 Å². The van der Waals surface area contributed by atoms with Crippen LogP contribution in [0.1, 0.15) is 27.1 Å². The number of thioether (sulfide) groups is 1. The van der Waals surface area contributed by atoms with Gasteiger partial charge in [0.25, 0.3) is 11.8 Å². The molecule has 0 fully saturated rings. The number of aliphatic hydroxyl groups is 1. The number of imide groups is 1. The van der Waals surface area contributed by atoms with Crippen LogP contribution in [0.2, 0.25) is 0 Å². The molecule has 0 bridgehead atoms. The third-order valence-electron chi connectivity index (χ3n) is 4.14. The SMILES string of the molecule is O=C(Sc1ccccc1F)[C@@H](F)[C@@H](O)CCN1C(=O)c2ccccc2C1=O. The first-order valence-electron chi connectivity index (χ1n) is 8.13. The molecule has 1 N–H and O–H groups in total. The Kier molecular flexibility index (Phi) is 5.67. The standard InChI is InChI=1S/C19H15F2NO4S/c20-13-7-3-4-8-15(13)27-19(26)16(21)14(23)9-10-22-17(24)11-5-1-2-6-12(11)18(22)25/h1-8,14,16,23H,9-10H2/t14-,16-/m0/s1. The topological polar surface area (TPSA) is 74.7 Å². The Morgan fingerprint density at radius 3 is 2.19 bits per heavy atom. The molecule has 2 atom stereocenters. The number of carbonyl (C=O) groups is 3. The predicted octanol–water partition coefficient (Wildman–Crippen LogP) is 2.83. The number of rotatable bonds is 6. The van der Waals surface area contributed by atoms with E-state index in [0.29, 0.717) is 11.8 Å². The van der Waals surface area contributed by atoms with Crippen LogP contribution in [0.3, 0.4) is 0 Å². The zero-order valence-electron chi connectivity index (χ0n) is 14.0. The van der Waals surface area contributed by atoms with Crippen LogP contribution in [0.15, 0.2) is 53.4 Å². The fourth-order valence-corrected chi connectivity index (χ4v) is 3.50. The maximum absolute atomic E-state index is 14.2. The van der Waals surface area contributed by atoms with Gasteiger partial charge >= 0.3 is 0 Å². The van der Waals surface area contributed by atoms with Crippen molar-refractivity contribution in [1.29, 1.82) is 0 Å². The third-order valence-corrected chi connectivity index (χ3v) is 5.11. The first-order valence-corrected chi connectivity index (χ1v) is 8.95. The maximum Gasteiger partial charge on any atom is 0.261 e. The number of carbonyl (C=O) groups excluding carboxylic acids is 3. The molecule has 0 saturated carbocycles. The average molecular weight is 391 g/mol. The first kappa shape index (κ1) is 19.2. The van der Waals surface area contributed by atoms with Crippen LogP contribution < -0.4 is 0 Å². The summed E-state index contributed by atoms with van der Waals surface area (Å²) in [7, 11) is 0. The van der Waals surface area contributed by atoms with Gasteiger partial charge in [0, 0.05) is 6.54 Å². The van der Waals surface area contributed by atoms with E-state index in [1.807, 2.05) is 0 Å². The molecule has 0 saturated heterocycles. The molecule has 5 nitrogen and oxygen atoms in total. The van der Waals surface area contributed by atoms with E-state index in [9.17, 15) is 28.3 Å². The van der Waals surface area contributed by atoms with Crippen molar-refractivity contribution in [3.05, 3.63) is 65.5 Å². The maximum atomic E-state index is 14.2. The van der Waals surface area contributed by atoms with Crippen molar-refractivity contribution in [2.24, 2.45) is 0 Å². The van der Waals surface area contributed by atoms with Crippen LogP contribution in [0.5, 0.6) is 0 Å². The number of halogens is 2. The van der Waals surface area contributed by atoms with E-state index in [0.717, 1.165) is 11.0 Å². The first-order chi connectivity index (χ1) is 12.9. The van der Waals surface area contributed by atoms with Crippen molar-refractivity contribution in [2.75, 3.05) is 6.54 Å². The smallest absolute Gasteiger partial charge is 0.261 e. The van der Waals surface area contributed by atoms with Crippen molar-refractivity contribution in [1.82, 2.24) is 4.90 Å². The number of nitrogens with zero attached hydrogens (tertiary/aromatic N) is 1. The van der Waals surface area contributed by atoms with E-state index in [4.69, 9.17) is 0 Å². The molecule has 27 heavy (non-hydrogen) atoms. The molecule has 2 aromatic carbocycles. The summed E-state index contributed by atoms with van der Waals surface area (Å²) >= 11 is 0.359. The molecule has 8 heteroatoms. The number of aliphatic hydroxyl groups excluding tert-OH is 1. The third kappa shape index (κ3) is 3.91. The fourth-order valence-electron chi connectivity index (χ4n) is 2.70. The van der Waals surface area contributed by atoms with E-state index in [1.54, 1.807) is 12.1 Å². The average Bonchev–Trinajstić information content (AvgIpc) is 2.92. The number of fused-ring (bicyclic) bond motifs is 1. The van der Waals surface area contributed by atoms with Crippen LogP contribution in [0.25, 0.3) is 0 Å². The lowest BCUT2D eigenvalue weighted by atomic mass is 10.1. The fraction of sp³-hybridized carbons (Fsp3) is 0.211. The lowest BCUT2D eigenvalue weighted by molar-refractivity contribution is -0.119. The van der Waals surface area contributed by atoms with Crippen molar-refractivity contribution >= 4 is 28.7 Å². The highest BCUT2D eigenvalue weighted by atomic mass is 32.2. The Balaban J connectivity index is 1.58. The summed E-state index contributed by atoms with van der Waals surface area (Å²) in [4.78, 5) is 37.2. The number of hydrogen-bond donors (Lipinski definition) is 1. The van der Waals surface area contributed by atoms with Gasteiger partial charge in [0.05, 0.1) is 22.1 Å². The van der Waals surface area contributed by atoms with Crippen LogP contribution in [-0.2, 0) is 4.79 Å². The molecule has 0 spiro atoms. The summed E-state index contributed by atoms with van der Waals surface area (Å²) < 4.78 is 27.8. The van der Waals surface area contributed by atoms with Gasteiger partial charge in [-0.15, -0.1) is 0 Å². The van der Waals surface area contributed by atoms with Crippen LogP contribution >= 0.6 is 11.8 Å². The molecule has 2 amide bonds. The monoisotopic (exact) mass is 391 g/mol. The van der Waals surface area contributed by atoms with Gasteiger partial charge < -0.3 is 5.11 Å². The lowest BCUT2D eigenvalue weighted by Crippen LogP contribution is -2.36. The second kappa shape index (κ2) is 7.98. The summed E-state index contributed by atoms with van der Waals surface area (Å²) in [5.41, 5.74) is 0.500. The van der Waals surface area contributed by atoms with E-state index in [-0.39, 0.29) is 29.0 Å². The molecular formula is C19H15F2NO4S. The Hall–Kier alpha value is -2.58. The largest absolute Gasteiger partial charge is 0.390 e. The van der Waals surface area contributed by atoms with Gasteiger partial charge in [-0.1, -0.05) is 24.3 Å². The quantitative estimate of drug-likeness (QED) is 0.606. The molecule has 1 aliphatic rings. The number of amides is 2. The minimum atomic E-state index is -2.27. The van der Waals surface area contributed by atoms with Crippen molar-refractivity contribution < 1.29 is 28.3 Å². The van der Waals surface area contributed by atoms with Gasteiger partial charge in [-0.25, -0.2) is 8.78 Å². The Labute approximate surface area is 158 Å². The molecule has 0 aliphatic carbocycles. The zero-order valence-corrected chi connectivity index (χ0v) is 14.8. The van der Waals surface area contributed by atoms with Crippen molar-refractivity contribution in [3.8, 4) is 0 Å². The Morgan fingerprint density at radius 2 is 1.59 bits per heavy atom. The molecule has 2 aromatic rings. The van der Waals surface area contributed by atoms with E-state index >= 15 is 0 Å². The van der Waals surface area contributed by atoms with Crippen LogP contribution in [-0.4, -0.2) is 45.8 Å². The minimum Gasteiger partial charge on any atom is -0.390 e. The van der Waals surface area contributed by atoms with E-state index in [1.165, 1.54) is 30.3 Å². The predicted molar refractivity (Wildman–Crippen MR) is 94.6 cm³/mol. The molecule has 1 heterocycles. The van der Waals surface area contributed by atoms with Gasteiger partial charge in [0.1, 0.15) is 5.82 Å². The number of hydrogen-bond acceptors (Lipinski definition) is 5. The second-order valence-corrected chi connectivity index (χ2v) is 6.96. The molecule has 0 unspecified atom stereocenters. The Morgan fingerprint density at radius 1 is 1.04 bits per heavy atom. The highest BCUT2D eigenvalue weighted by molar-refractivity contribution is 8.13. The van der Waals surface area contributed by atoms with Gasteiger partial charge in [0.2, 0.25) is 5.12 Å². The molecule has 140 valence electrons. The molecule has 3 rings (SSSR count). The summed E-state index contributed by atoms with van der Waals surface area (Å²) in [5, 5.41) is 8.89.